The van der Waals surface area contributed by atoms with Crippen LogP contribution in [0.4, 0.5) is 0 Å². The van der Waals surface area contributed by atoms with Gasteiger partial charge < -0.3 is 0 Å². The lowest BCUT2D eigenvalue weighted by atomic mass is 10.0. The molecule has 150 valence electrons. The SMILES string of the molecule is C/C(=N\NC(=O)c1ccc(CSc2nnc(C)s2)cc1)c1ccc2ccccc2c1. The van der Waals surface area contributed by atoms with Gasteiger partial charge in [0.05, 0.1) is 5.71 Å². The fraction of sp³-hybridized carbons (Fsp3) is 0.130. The molecule has 0 aliphatic heterocycles. The van der Waals surface area contributed by atoms with Crippen molar-refractivity contribution in [2.75, 3.05) is 0 Å². The number of carbonyl (C=O) groups excluding carboxylic acids is 1. The van der Waals surface area contributed by atoms with Crippen LogP contribution < -0.4 is 5.43 Å². The molecule has 30 heavy (non-hydrogen) atoms. The fourth-order valence-corrected chi connectivity index (χ4v) is 4.68. The number of thioether (sulfide) groups is 1. The summed E-state index contributed by atoms with van der Waals surface area (Å²) in [7, 11) is 0. The molecule has 0 saturated carbocycles. The van der Waals surface area contributed by atoms with Crippen LogP contribution in [0.25, 0.3) is 10.8 Å². The molecule has 4 rings (SSSR count). The highest BCUT2D eigenvalue weighted by molar-refractivity contribution is 8.00. The number of benzene rings is 3. The van der Waals surface area contributed by atoms with E-state index in [1.54, 1.807) is 23.1 Å². The van der Waals surface area contributed by atoms with Gasteiger partial charge in [0.2, 0.25) is 0 Å². The maximum absolute atomic E-state index is 12.4. The third kappa shape index (κ3) is 4.93. The van der Waals surface area contributed by atoms with Crippen molar-refractivity contribution in [3.8, 4) is 0 Å². The lowest BCUT2D eigenvalue weighted by molar-refractivity contribution is 0.0955. The van der Waals surface area contributed by atoms with E-state index < -0.39 is 0 Å². The minimum Gasteiger partial charge on any atom is -0.267 e. The molecule has 5 nitrogen and oxygen atoms in total. The van der Waals surface area contributed by atoms with Crippen LogP contribution in [0, 0.1) is 6.92 Å². The van der Waals surface area contributed by atoms with Crippen LogP contribution in [0.5, 0.6) is 0 Å². The Balaban J connectivity index is 1.37. The summed E-state index contributed by atoms with van der Waals surface area (Å²) in [5.74, 6) is 0.560. The maximum atomic E-state index is 12.4. The molecule has 0 fully saturated rings. The normalized spacial score (nSPS) is 11.6. The molecule has 0 atom stereocenters. The topological polar surface area (TPSA) is 67.2 Å². The first-order valence-electron chi connectivity index (χ1n) is 9.44. The molecule has 0 spiro atoms. The number of aryl methyl sites for hydroxylation is 1. The molecule has 0 aliphatic carbocycles. The van der Waals surface area contributed by atoms with Crippen molar-refractivity contribution in [1.29, 1.82) is 0 Å². The highest BCUT2D eigenvalue weighted by Gasteiger charge is 2.07. The van der Waals surface area contributed by atoms with Crippen LogP contribution >= 0.6 is 23.1 Å². The van der Waals surface area contributed by atoms with Crippen molar-refractivity contribution < 1.29 is 4.79 Å². The van der Waals surface area contributed by atoms with Gasteiger partial charge in [-0.15, -0.1) is 10.2 Å². The second kappa shape index (κ2) is 9.19. The van der Waals surface area contributed by atoms with Gasteiger partial charge in [-0.2, -0.15) is 5.10 Å². The molecule has 1 amide bonds. The van der Waals surface area contributed by atoms with Crippen molar-refractivity contribution in [3.05, 3.63) is 88.4 Å². The summed E-state index contributed by atoms with van der Waals surface area (Å²) in [5.41, 5.74) is 6.09. The minimum absolute atomic E-state index is 0.228. The Morgan fingerprint density at radius 3 is 2.47 bits per heavy atom. The maximum Gasteiger partial charge on any atom is 0.271 e. The first-order valence-corrected chi connectivity index (χ1v) is 11.2. The van der Waals surface area contributed by atoms with Gasteiger partial charge in [0, 0.05) is 11.3 Å². The van der Waals surface area contributed by atoms with Crippen molar-refractivity contribution in [1.82, 2.24) is 15.6 Å². The summed E-state index contributed by atoms with van der Waals surface area (Å²) >= 11 is 3.23. The lowest BCUT2D eigenvalue weighted by Crippen LogP contribution is -2.19. The highest BCUT2D eigenvalue weighted by Crippen LogP contribution is 2.25. The standard InChI is InChI=1S/C23H20N4OS2/c1-15(20-12-11-18-5-3-4-6-21(18)13-20)24-26-22(28)19-9-7-17(8-10-19)14-29-23-27-25-16(2)30-23/h3-13H,14H2,1-2H3,(H,26,28)/b24-15+. The zero-order valence-corrected chi connectivity index (χ0v) is 18.3. The van der Waals surface area contributed by atoms with Crippen molar-refractivity contribution in [2.24, 2.45) is 5.10 Å². The quantitative estimate of drug-likeness (QED) is 0.250. The van der Waals surface area contributed by atoms with Crippen molar-refractivity contribution >= 4 is 45.5 Å². The third-order valence-electron chi connectivity index (χ3n) is 4.58. The molecule has 0 radical (unpaired) electrons. The molecular weight excluding hydrogens is 412 g/mol. The molecule has 1 aromatic heterocycles. The molecule has 0 unspecified atom stereocenters. The second-order valence-corrected chi connectivity index (χ2v) is 9.18. The first kappa shape index (κ1) is 20.3. The van der Waals surface area contributed by atoms with E-state index in [0.717, 1.165) is 37.3 Å². The van der Waals surface area contributed by atoms with Crippen molar-refractivity contribution in [3.63, 3.8) is 0 Å². The molecule has 1 N–H and O–H groups in total. The first-order chi connectivity index (χ1) is 14.6. The number of nitrogens with one attached hydrogen (secondary N) is 1. The second-order valence-electron chi connectivity index (χ2n) is 6.77. The van der Waals surface area contributed by atoms with Gasteiger partial charge in [0.1, 0.15) is 5.01 Å². The Kier molecular flexibility index (Phi) is 6.21. The Morgan fingerprint density at radius 2 is 1.73 bits per heavy atom. The molecular formula is C23H20N4OS2. The zero-order chi connectivity index (χ0) is 20.9. The van der Waals surface area contributed by atoms with Gasteiger partial charge in [-0.25, -0.2) is 5.43 Å². The van der Waals surface area contributed by atoms with Crippen LogP contribution in [0.2, 0.25) is 0 Å². The van der Waals surface area contributed by atoms with Gasteiger partial charge in [0.15, 0.2) is 4.34 Å². The fourth-order valence-electron chi connectivity index (χ4n) is 2.91. The number of carbonyl (C=O) groups is 1. The van der Waals surface area contributed by atoms with Crippen molar-refractivity contribution in [2.45, 2.75) is 23.9 Å². The van der Waals surface area contributed by atoms with Gasteiger partial charge in [-0.3, -0.25) is 4.79 Å². The van der Waals surface area contributed by atoms with Crippen LogP contribution in [0.3, 0.4) is 0 Å². The molecule has 3 aromatic carbocycles. The number of hydrogen-bond acceptors (Lipinski definition) is 6. The van der Waals surface area contributed by atoms with Crippen LogP contribution in [-0.2, 0) is 5.75 Å². The summed E-state index contributed by atoms with van der Waals surface area (Å²) < 4.78 is 0.952. The number of hydrazone groups is 1. The Bertz CT molecular complexity index is 1220. The molecule has 0 aliphatic rings. The number of hydrogen-bond donors (Lipinski definition) is 1. The van der Waals surface area contributed by atoms with E-state index in [0.29, 0.717) is 5.56 Å². The van der Waals surface area contributed by atoms with Crippen LogP contribution in [0.1, 0.15) is 33.4 Å². The van der Waals surface area contributed by atoms with Gasteiger partial charge in [0.25, 0.3) is 5.91 Å². The van der Waals surface area contributed by atoms with E-state index in [9.17, 15) is 4.79 Å². The van der Waals surface area contributed by atoms with E-state index in [4.69, 9.17) is 0 Å². The summed E-state index contributed by atoms with van der Waals surface area (Å²) in [4.78, 5) is 12.4. The zero-order valence-electron chi connectivity index (χ0n) is 16.6. The van der Waals surface area contributed by atoms with E-state index >= 15 is 0 Å². The molecule has 7 heteroatoms. The van der Waals surface area contributed by atoms with E-state index in [2.05, 4.69) is 45.0 Å². The minimum atomic E-state index is -0.228. The molecule has 0 saturated heterocycles. The number of fused-ring (bicyclic) bond motifs is 1. The summed E-state index contributed by atoms with van der Waals surface area (Å²) in [6, 6.07) is 21.9. The third-order valence-corrected chi connectivity index (χ3v) is 6.62. The Labute approximate surface area is 183 Å². The monoisotopic (exact) mass is 432 g/mol. The average Bonchev–Trinajstić information content (AvgIpc) is 3.21. The molecule has 1 heterocycles. The highest BCUT2D eigenvalue weighted by atomic mass is 32.2. The van der Waals surface area contributed by atoms with Gasteiger partial charge in [-0.1, -0.05) is 71.6 Å². The summed E-state index contributed by atoms with van der Waals surface area (Å²) in [5, 5.41) is 15.7. The van der Waals surface area contributed by atoms with Crippen LogP contribution in [-0.4, -0.2) is 21.8 Å². The van der Waals surface area contributed by atoms with E-state index in [1.165, 1.54) is 5.39 Å². The van der Waals surface area contributed by atoms with E-state index in [1.807, 2.05) is 56.3 Å². The smallest absolute Gasteiger partial charge is 0.267 e. The average molecular weight is 433 g/mol. The predicted molar refractivity (Wildman–Crippen MR) is 124 cm³/mol. The summed E-state index contributed by atoms with van der Waals surface area (Å²) in [6.07, 6.45) is 0. The summed E-state index contributed by atoms with van der Waals surface area (Å²) in [6.45, 7) is 3.83. The Hall–Kier alpha value is -3.03. The number of nitrogens with zero attached hydrogens (tertiary/aromatic N) is 3. The predicted octanol–water partition coefficient (Wildman–Crippen LogP) is 5.45. The number of aromatic nitrogens is 2. The molecule has 4 aromatic rings. The van der Waals surface area contributed by atoms with Gasteiger partial charge >= 0.3 is 0 Å². The Morgan fingerprint density at radius 1 is 1.00 bits per heavy atom. The van der Waals surface area contributed by atoms with E-state index in [-0.39, 0.29) is 5.91 Å². The lowest BCUT2D eigenvalue weighted by Gasteiger charge is -2.06. The number of amides is 1. The van der Waals surface area contributed by atoms with Crippen LogP contribution in [0.15, 0.2) is 76.2 Å². The number of rotatable bonds is 6. The molecule has 0 bridgehead atoms. The van der Waals surface area contributed by atoms with Gasteiger partial charge in [-0.05, 0) is 53.9 Å². The largest absolute Gasteiger partial charge is 0.271 e.